The van der Waals surface area contributed by atoms with Crippen LogP contribution in [0, 0.1) is 5.92 Å². The highest BCUT2D eigenvalue weighted by molar-refractivity contribution is 6.36. The fraction of sp³-hybridized carbons (Fsp3) is 0.500. The number of anilines is 1. The molecule has 6 rings (SSSR count). The molecule has 238 valence electrons. The van der Waals surface area contributed by atoms with Crippen molar-refractivity contribution in [3.8, 4) is 0 Å². The van der Waals surface area contributed by atoms with E-state index in [2.05, 4.69) is 39.8 Å². The topological polar surface area (TPSA) is 69.7 Å². The molecule has 0 spiro atoms. The van der Waals surface area contributed by atoms with Gasteiger partial charge >= 0.3 is 0 Å². The minimum absolute atomic E-state index is 0.476. The number of aryl methyl sites for hydroxylation is 1. The molecule has 3 heterocycles. The van der Waals surface area contributed by atoms with Crippen LogP contribution in [0.15, 0.2) is 66.4 Å². The Kier molecular flexibility index (Phi) is 11.7. The molecule has 8 heteroatoms. The van der Waals surface area contributed by atoms with Crippen LogP contribution in [0.5, 0.6) is 0 Å². The van der Waals surface area contributed by atoms with Crippen LogP contribution in [-0.4, -0.2) is 60.6 Å². The highest BCUT2D eigenvalue weighted by Gasteiger charge is 2.34. The van der Waals surface area contributed by atoms with Crippen LogP contribution in [0.4, 0.5) is 5.69 Å². The first kappa shape index (κ1) is 32.9. The van der Waals surface area contributed by atoms with Gasteiger partial charge in [0.15, 0.2) is 0 Å². The van der Waals surface area contributed by atoms with Crippen molar-refractivity contribution in [2.45, 2.75) is 76.4 Å². The average Bonchev–Trinajstić information content (AvgIpc) is 3.68. The molecule has 3 aromatic rings. The predicted molar refractivity (Wildman–Crippen MR) is 187 cm³/mol. The van der Waals surface area contributed by atoms with Crippen molar-refractivity contribution in [1.29, 1.82) is 0 Å². The van der Waals surface area contributed by atoms with Crippen LogP contribution in [-0.2, 0) is 6.42 Å². The molecule has 0 radical (unpaired) electrons. The van der Waals surface area contributed by atoms with Crippen molar-refractivity contribution in [1.82, 2.24) is 15.1 Å². The second-order valence-electron chi connectivity index (χ2n) is 12.6. The molecule has 0 amide bonds. The number of nitrogens with one attached hydrogen (secondary N) is 2. The Hall–Kier alpha value is -2.48. The zero-order chi connectivity index (χ0) is 31.1. The summed E-state index contributed by atoms with van der Waals surface area (Å²) >= 11 is 12.6. The summed E-state index contributed by atoms with van der Waals surface area (Å²) in [6.07, 6.45) is 13.9. The first-order valence-electron chi connectivity index (χ1n) is 16.3. The number of likely N-dealkylation sites (tertiary alicyclic amines) is 1. The van der Waals surface area contributed by atoms with Gasteiger partial charge in [0, 0.05) is 72.5 Å². The fourth-order valence-electron chi connectivity index (χ4n) is 7.04. The molecule has 4 N–H and O–H groups in total. The summed E-state index contributed by atoms with van der Waals surface area (Å²) in [7, 11) is 0. The van der Waals surface area contributed by atoms with Crippen molar-refractivity contribution in [3.05, 3.63) is 83.2 Å². The first-order chi connectivity index (χ1) is 21.4. The minimum atomic E-state index is 0.476. The molecule has 2 atom stereocenters. The third-order valence-electron chi connectivity index (χ3n) is 9.75. The van der Waals surface area contributed by atoms with Gasteiger partial charge in [-0.2, -0.15) is 0 Å². The van der Waals surface area contributed by atoms with Crippen LogP contribution in [0.3, 0.4) is 0 Å². The van der Waals surface area contributed by atoms with E-state index in [1.165, 1.54) is 64.6 Å². The van der Waals surface area contributed by atoms with E-state index < -0.39 is 0 Å². The molecule has 3 fully saturated rings. The summed E-state index contributed by atoms with van der Waals surface area (Å²) in [5.41, 5.74) is 10.2. The number of hydrogen-bond donors (Lipinski definition) is 3. The number of fused-ring (bicyclic) bond motifs is 1. The third-order valence-corrected chi connectivity index (χ3v) is 10.4. The van der Waals surface area contributed by atoms with E-state index in [0.717, 1.165) is 59.3 Å². The highest BCUT2D eigenvalue weighted by atomic mass is 35.5. The molecular formula is C36H49Cl2N5O. The van der Waals surface area contributed by atoms with Gasteiger partial charge in [0.25, 0.3) is 0 Å². The third kappa shape index (κ3) is 8.21. The molecule has 44 heavy (non-hydrogen) atoms. The van der Waals surface area contributed by atoms with Gasteiger partial charge in [-0.05, 0) is 87.2 Å². The van der Waals surface area contributed by atoms with E-state index >= 15 is 0 Å². The van der Waals surface area contributed by atoms with Crippen molar-refractivity contribution in [2.75, 3.05) is 38.0 Å². The first-order valence-corrected chi connectivity index (χ1v) is 17.1. The molecule has 3 aliphatic rings. The summed E-state index contributed by atoms with van der Waals surface area (Å²) in [6.45, 7) is 16.1. The molecule has 1 aliphatic carbocycles. The smallest absolute Gasteiger partial charge is 0.134 e. The molecular weight excluding hydrogens is 589 g/mol. The maximum atomic E-state index is 6.32. The fourth-order valence-corrected chi connectivity index (χ4v) is 7.57. The van der Waals surface area contributed by atoms with E-state index in [9.17, 15) is 0 Å². The Bertz CT molecular complexity index is 1390. The van der Waals surface area contributed by atoms with Crippen molar-refractivity contribution < 1.29 is 4.42 Å². The number of rotatable bonds is 9. The Morgan fingerprint density at radius 3 is 2.57 bits per heavy atom. The summed E-state index contributed by atoms with van der Waals surface area (Å²) in [5, 5.41) is 9.01. The van der Waals surface area contributed by atoms with Gasteiger partial charge in [-0.3, -0.25) is 4.90 Å². The largest absolute Gasteiger partial charge is 0.464 e. The SMILES string of the molecule is C=C(Nc1cc(Cl)c(CC)cc1Cl)c1coc2ccccc12.C=CN1CC(N2CCNCC2)CC1CCC1CCC(N)CC1. The van der Waals surface area contributed by atoms with Crippen molar-refractivity contribution >= 4 is 45.6 Å². The summed E-state index contributed by atoms with van der Waals surface area (Å²) in [6, 6.07) is 13.5. The number of hydrogen-bond acceptors (Lipinski definition) is 6. The van der Waals surface area contributed by atoms with Gasteiger partial charge in [-0.15, -0.1) is 0 Å². The maximum absolute atomic E-state index is 6.32. The molecule has 2 saturated heterocycles. The normalized spacial score (nSPS) is 24.1. The predicted octanol–water partition coefficient (Wildman–Crippen LogP) is 8.16. The second-order valence-corrected chi connectivity index (χ2v) is 13.4. The summed E-state index contributed by atoms with van der Waals surface area (Å²) in [5.74, 6) is 0.921. The van der Waals surface area contributed by atoms with E-state index in [1.54, 1.807) is 6.26 Å². The summed E-state index contributed by atoms with van der Waals surface area (Å²) in [4.78, 5) is 5.20. The van der Waals surface area contributed by atoms with Crippen LogP contribution in [0.25, 0.3) is 16.7 Å². The van der Waals surface area contributed by atoms with Gasteiger partial charge in [0.1, 0.15) is 11.8 Å². The Morgan fingerprint density at radius 1 is 1.09 bits per heavy atom. The monoisotopic (exact) mass is 637 g/mol. The van der Waals surface area contributed by atoms with Gasteiger partial charge in [-0.25, -0.2) is 0 Å². The highest BCUT2D eigenvalue weighted by Crippen LogP contribution is 2.34. The number of nitrogens with two attached hydrogens (primary N) is 1. The molecule has 0 bridgehead atoms. The van der Waals surface area contributed by atoms with E-state index in [0.29, 0.717) is 27.8 Å². The van der Waals surface area contributed by atoms with Crippen LogP contribution >= 0.6 is 23.2 Å². The number of halogens is 2. The lowest BCUT2D eigenvalue weighted by Crippen LogP contribution is -2.49. The Morgan fingerprint density at radius 2 is 1.84 bits per heavy atom. The zero-order valence-corrected chi connectivity index (χ0v) is 27.7. The Labute approximate surface area is 273 Å². The van der Waals surface area contributed by atoms with Crippen LogP contribution in [0.1, 0.15) is 63.0 Å². The number of piperazine rings is 1. The molecule has 2 aromatic carbocycles. The van der Waals surface area contributed by atoms with E-state index in [4.69, 9.17) is 33.4 Å². The van der Waals surface area contributed by atoms with E-state index in [-0.39, 0.29) is 0 Å². The number of furan rings is 1. The molecule has 1 saturated carbocycles. The Balaban J connectivity index is 0.000000175. The number of para-hydroxylation sites is 1. The summed E-state index contributed by atoms with van der Waals surface area (Å²) < 4.78 is 5.54. The van der Waals surface area contributed by atoms with Crippen LogP contribution < -0.4 is 16.4 Å². The zero-order valence-electron chi connectivity index (χ0n) is 26.2. The molecule has 2 unspecified atom stereocenters. The van der Waals surface area contributed by atoms with Crippen molar-refractivity contribution in [2.24, 2.45) is 11.7 Å². The van der Waals surface area contributed by atoms with E-state index in [1.807, 2.05) is 43.3 Å². The lowest BCUT2D eigenvalue weighted by atomic mass is 9.83. The van der Waals surface area contributed by atoms with Gasteiger partial charge in [0.05, 0.1) is 10.7 Å². The van der Waals surface area contributed by atoms with Gasteiger partial charge in [0.2, 0.25) is 0 Å². The quantitative estimate of drug-likeness (QED) is 0.220. The van der Waals surface area contributed by atoms with Gasteiger partial charge in [-0.1, -0.05) is 61.5 Å². The standard InChI is InChI=1S/C18H15Cl2NO.C18H34N4/c1-3-12-8-16(20)17(9-15(12)19)21-11(2)14-10-22-18-7-5-4-6-13(14)18;1-2-21-14-18(22-11-9-20-10-12-22)13-17(21)8-5-15-3-6-16(19)7-4-15/h4-10,21H,2-3H2,1H3;2,15-18,20H,1,3-14,19H2. The molecule has 6 nitrogen and oxygen atoms in total. The number of benzene rings is 2. The van der Waals surface area contributed by atoms with Crippen LogP contribution in [0.2, 0.25) is 10.0 Å². The molecule has 2 aliphatic heterocycles. The maximum Gasteiger partial charge on any atom is 0.134 e. The van der Waals surface area contributed by atoms with Gasteiger partial charge < -0.3 is 25.7 Å². The lowest BCUT2D eigenvalue weighted by Gasteiger charge is -2.32. The molecule has 1 aromatic heterocycles. The number of nitrogens with zero attached hydrogens (tertiary/aromatic N) is 2. The van der Waals surface area contributed by atoms with Crippen molar-refractivity contribution in [3.63, 3.8) is 0 Å². The average molecular weight is 639 g/mol. The second kappa shape index (κ2) is 15.7. The minimum Gasteiger partial charge on any atom is -0.464 e. The lowest BCUT2D eigenvalue weighted by molar-refractivity contribution is 0.177.